The van der Waals surface area contributed by atoms with Crippen LogP contribution in [0.5, 0.6) is 0 Å². The smallest absolute Gasteiger partial charge is 0.220 e. The van der Waals surface area contributed by atoms with Gasteiger partial charge in [0.25, 0.3) is 0 Å². The van der Waals surface area contributed by atoms with Gasteiger partial charge in [0, 0.05) is 19.3 Å². The molecule has 0 heterocycles. The fraction of sp³-hybridized carbons (Fsp3) is 0.927. The van der Waals surface area contributed by atoms with E-state index in [1.807, 2.05) is 0 Å². The first-order valence-corrected chi connectivity index (χ1v) is 27.2. The van der Waals surface area contributed by atoms with Crippen molar-refractivity contribution in [3.05, 3.63) is 12.2 Å². The van der Waals surface area contributed by atoms with E-state index in [1.165, 1.54) is 244 Å². The molecule has 0 aliphatic heterocycles. The van der Waals surface area contributed by atoms with Crippen LogP contribution >= 0.6 is 0 Å². The van der Waals surface area contributed by atoms with Crippen molar-refractivity contribution in [3.63, 3.8) is 0 Å². The lowest BCUT2D eigenvalue weighted by atomic mass is 10.0. The van der Waals surface area contributed by atoms with E-state index in [0.29, 0.717) is 12.2 Å². The second kappa shape index (κ2) is 51.2. The van der Waals surface area contributed by atoms with Crippen LogP contribution in [-0.2, 0) is 9.59 Å². The average Bonchev–Trinajstić information content (AvgIpc) is 3.24. The van der Waals surface area contributed by atoms with Crippen molar-refractivity contribution in [1.82, 2.24) is 5.32 Å². The molecule has 0 bridgehead atoms. The predicted octanol–water partition coefficient (Wildman–Crippen LogP) is 18.0. The molecule has 0 aromatic carbocycles. The normalized spacial score (nSPS) is 12.2. The number of Topliss-reactive ketones (excluding diaryl/α,β-unsaturated/α-hetero) is 1. The minimum atomic E-state index is -0.0701. The summed E-state index contributed by atoms with van der Waals surface area (Å²) in [4.78, 5) is 24.7. The van der Waals surface area contributed by atoms with Crippen LogP contribution in [0.15, 0.2) is 12.2 Å². The number of amides is 1. The molecule has 0 saturated carbocycles. The maximum Gasteiger partial charge on any atom is 0.220 e. The van der Waals surface area contributed by atoms with Gasteiger partial charge in [-0.05, 0) is 51.4 Å². The van der Waals surface area contributed by atoms with Crippen LogP contribution in [0.3, 0.4) is 0 Å². The molecule has 0 unspecified atom stereocenters. The van der Waals surface area contributed by atoms with Gasteiger partial charge < -0.3 is 10.4 Å². The number of carbonyl (C=O) groups excluding carboxylic acids is 2. The minimum absolute atomic E-state index is 0.0581. The Bertz CT molecular complexity index is 855. The van der Waals surface area contributed by atoms with Gasteiger partial charge in [-0.2, -0.15) is 0 Å². The molecule has 0 aliphatic rings. The summed E-state index contributed by atoms with van der Waals surface area (Å²) in [6, 6.07) is -0.0701. The van der Waals surface area contributed by atoms with Gasteiger partial charge in [0.05, 0.1) is 12.6 Å². The Morgan fingerprint density at radius 3 is 0.966 bits per heavy atom. The van der Waals surface area contributed by atoms with E-state index in [0.717, 1.165) is 51.4 Å². The number of hydrogen-bond acceptors (Lipinski definition) is 3. The molecule has 1 atom stereocenters. The number of unbranched alkanes of at least 4 members (excludes halogenated alkanes) is 39. The van der Waals surface area contributed by atoms with Crippen LogP contribution in [0.4, 0.5) is 0 Å². The number of allylic oxidation sites excluding steroid dienone is 2. The molecule has 350 valence electrons. The molecule has 2 N–H and O–H groups in total. The molecule has 0 rings (SSSR count). The summed E-state index contributed by atoms with van der Waals surface area (Å²) >= 11 is 0. The van der Waals surface area contributed by atoms with Crippen LogP contribution in [0, 0.1) is 0 Å². The third kappa shape index (κ3) is 49.4. The highest BCUT2D eigenvalue weighted by atomic mass is 16.3. The van der Waals surface area contributed by atoms with Crippen LogP contribution in [0.25, 0.3) is 0 Å². The fourth-order valence-electron chi connectivity index (χ4n) is 8.69. The highest BCUT2D eigenvalue weighted by Crippen LogP contribution is 2.17. The molecule has 4 heteroatoms. The molecule has 0 radical (unpaired) electrons. The van der Waals surface area contributed by atoms with Crippen LogP contribution in [0.2, 0.25) is 0 Å². The Labute approximate surface area is 370 Å². The van der Waals surface area contributed by atoms with Gasteiger partial charge in [0.1, 0.15) is 5.78 Å². The summed E-state index contributed by atoms with van der Waals surface area (Å²) in [5.74, 6) is 0.616. The van der Waals surface area contributed by atoms with Gasteiger partial charge in [0.15, 0.2) is 0 Å². The van der Waals surface area contributed by atoms with E-state index < -0.39 is 0 Å². The lowest BCUT2D eigenvalue weighted by molar-refractivity contribution is -0.122. The summed E-state index contributed by atoms with van der Waals surface area (Å²) < 4.78 is 0. The first-order chi connectivity index (χ1) is 29.1. The number of carbonyl (C=O) groups is 2. The largest absolute Gasteiger partial charge is 0.394 e. The van der Waals surface area contributed by atoms with Crippen molar-refractivity contribution in [2.24, 2.45) is 0 Å². The van der Waals surface area contributed by atoms with Crippen molar-refractivity contribution < 1.29 is 14.7 Å². The van der Waals surface area contributed by atoms with Crippen LogP contribution < -0.4 is 5.32 Å². The summed E-state index contributed by atoms with van der Waals surface area (Å²) in [5.41, 5.74) is 0. The van der Waals surface area contributed by atoms with E-state index in [-0.39, 0.29) is 18.6 Å². The third-order valence-electron chi connectivity index (χ3n) is 12.8. The van der Waals surface area contributed by atoms with E-state index >= 15 is 0 Å². The number of hydrogen-bond donors (Lipinski definition) is 2. The fourth-order valence-corrected chi connectivity index (χ4v) is 8.69. The second-order valence-corrected chi connectivity index (χ2v) is 18.9. The van der Waals surface area contributed by atoms with Gasteiger partial charge in [0.2, 0.25) is 5.91 Å². The standard InChI is InChI=1S/C55H107NO3/c1-3-5-7-9-11-13-15-17-19-20-21-22-23-25-29-33-37-41-45-49-54(58)50-46-42-38-34-30-26-27-31-35-39-43-47-51-55(59)56-53(52-57)48-44-40-36-32-28-24-18-16-14-12-10-8-6-4-2/h17,19,53,57H,3-16,18,20-52H2,1-2H3,(H,56,59)/t53-/m1/s1. The van der Waals surface area contributed by atoms with Crippen LogP contribution in [-0.4, -0.2) is 29.4 Å². The van der Waals surface area contributed by atoms with Crippen LogP contribution in [0.1, 0.15) is 316 Å². The Morgan fingerprint density at radius 1 is 0.373 bits per heavy atom. The summed E-state index contributed by atoms with van der Waals surface area (Å²) in [7, 11) is 0. The number of aliphatic hydroxyl groups excluding tert-OH is 1. The maximum atomic E-state index is 12.4. The molecule has 0 fully saturated rings. The highest BCUT2D eigenvalue weighted by Gasteiger charge is 2.11. The Kier molecular flexibility index (Phi) is 50.2. The number of aliphatic hydroxyl groups is 1. The average molecular weight is 830 g/mol. The summed E-state index contributed by atoms with van der Waals surface area (Å²) in [6.07, 6.45) is 64.4. The minimum Gasteiger partial charge on any atom is -0.394 e. The molecular formula is C55H107NO3. The van der Waals surface area contributed by atoms with Crippen molar-refractivity contribution >= 4 is 11.7 Å². The molecule has 0 spiro atoms. The number of nitrogens with one attached hydrogen (secondary N) is 1. The molecule has 0 saturated heterocycles. The Hall–Kier alpha value is -1.16. The van der Waals surface area contributed by atoms with E-state index in [9.17, 15) is 14.7 Å². The van der Waals surface area contributed by atoms with Gasteiger partial charge >= 0.3 is 0 Å². The molecule has 59 heavy (non-hydrogen) atoms. The van der Waals surface area contributed by atoms with Gasteiger partial charge in [-0.25, -0.2) is 0 Å². The van der Waals surface area contributed by atoms with E-state index in [2.05, 4.69) is 31.3 Å². The molecule has 0 aliphatic carbocycles. The number of rotatable bonds is 51. The van der Waals surface area contributed by atoms with Gasteiger partial charge in [-0.1, -0.05) is 257 Å². The molecular weight excluding hydrogens is 723 g/mol. The zero-order valence-electron chi connectivity index (χ0n) is 40.4. The summed E-state index contributed by atoms with van der Waals surface area (Å²) in [5, 5.41) is 12.8. The van der Waals surface area contributed by atoms with Crippen molar-refractivity contribution in [2.45, 2.75) is 322 Å². The van der Waals surface area contributed by atoms with Crippen molar-refractivity contribution in [1.29, 1.82) is 0 Å². The zero-order valence-corrected chi connectivity index (χ0v) is 40.4. The number of ketones is 1. The summed E-state index contributed by atoms with van der Waals surface area (Å²) in [6.45, 7) is 4.63. The Balaban J connectivity index is 3.36. The highest BCUT2D eigenvalue weighted by molar-refractivity contribution is 5.78. The second-order valence-electron chi connectivity index (χ2n) is 18.9. The predicted molar refractivity (Wildman–Crippen MR) is 262 cm³/mol. The third-order valence-corrected chi connectivity index (χ3v) is 12.8. The lowest BCUT2D eigenvalue weighted by Gasteiger charge is -2.16. The molecule has 0 aromatic heterocycles. The molecule has 1 amide bonds. The van der Waals surface area contributed by atoms with E-state index in [4.69, 9.17) is 0 Å². The first-order valence-electron chi connectivity index (χ1n) is 27.2. The van der Waals surface area contributed by atoms with Crippen molar-refractivity contribution in [3.8, 4) is 0 Å². The maximum absolute atomic E-state index is 12.4. The SMILES string of the molecule is CCCCCCCCC=CCCCCCCCCCCCC(=O)CCCCCCCCCCCCCCC(=O)N[C@@H](CO)CCCCCCCCCCCCCCCC. The van der Waals surface area contributed by atoms with Gasteiger partial charge in [-0.3, -0.25) is 9.59 Å². The van der Waals surface area contributed by atoms with E-state index in [1.54, 1.807) is 0 Å². The molecule has 4 nitrogen and oxygen atoms in total. The topological polar surface area (TPSA) is 66.4 Å². The Morgan fingerprint density at radius 2 is 0.644 bits per heavy atom. The zero-order chi connectivity index (χ0) is 42.8. The molecule has 0 aromatic rings. The van der Waals surface area contributed by atoms with Gasteiger partial charge in [-0.15, -0.1) is 0 Å². The lowest BCUT2D eigenvalue weighted by Crippen LogP contribution is -2.37. The monoisotopic (exact) mass is 830 g/mol. The first kappa shape index (κ1) is 57.8. The quantitative estimate of drug-likeness (QED) is 0.0474. The van der Waals surface area contributed by atoms with Crippen molar-refractivity contribution in [2.75, 3.05) is 6.61 Å².